The molecule has 0 aliphatic carbocycles. The van der Waals surface area contributed by atoms with Gasteiger partial charge >= 0.3 is 0 Å². The highest BCUT2D eigenvalue weighted by molar-refractivity contribution is 9.10. The highest BCUT2D eigenvalue weighted by atomic mass is 79.9. The summed E-state index contributed by atoms with van der Waals surface area (Å²) in [5.41, 5.74) is 1.75. The molecule has 6 heteroatoms. The predicted octanol–water partition coefficient (Wildman–Crippen LogP) is 3.68. The van der Waals surface area contributed by atoms with Crippen LogP contribution in [0.1, 0.15) is 21.5 Å². The molecule has 0 aliphatic heterocycles. The summed E-state index contributed by atoms with van der Waals surface area (Å²) in [6.07, 6.45) is 0. The molecular weight excluding hydrogens is 387 g/mol. The smallest absolute Gasteiger partial charge is 0.263 e. The summed E-state index contributed by atoms with van der Waals surface area (Å²) in [7, 11) is 1.64. The average molecular weight is 403 g/mol. The number of aromatic nitrogens is 1. The van der Waals surface area contributed by atoms with E-state index in [4.69, 9.17) is 0 Å². The van der Waals surface area contributed by atoms with Crippen molar-refractivity contribution in [3.05, 3.63) is 79.8 Å². The number of fused-ring (bicyclic) bond motifs is 1. The van der Waals surface area contributed by atoms with E-state index < -0.39 is 5.91 Å². The Balaban J connectivity index is 1.99. The second-order valence-electron chi connectivity index (χ2n) is 5.84. The Morgan fingerprint density at radius 1 is 1.24 bits per heavy atom. The number of halogens is 2. The lowest BCUT2D eigenvalue weighted by Gasteiger charge is -2.13. The fourth-order valence-electron chi connectivity index (χ4n) is 2.86. The Labute approximate surface area is 152 Å². The Kier molecular flexibility index (Phi) is 4.72. The maximum Gasteiger partial charge on any atom is 0.263 e. The van der Waals surface area contributed by atoms with Crippen molar-refractivity contribution >= 4 is 32.7 Å². The third kappa shape index (κ3) is 3.35. The number of nitrogens with zero attached hydrogens (tertiary/aromatic N) is 1. The van der Waals surface area contributed by atoms with Crippen LogP contribution in [0, 0.1) is 12.7 Å². The van der Waals surface area contributed by atoms with E-state index in [1.54, 1.807) is 26.1 Å². The van der Waals surface area contributed by atoms with Gasteiger partial charge in [-0.25, -0.2) is 4.39 Å². The normalized spacial score (nSPS) is 10.9. The molecule has 0 atom stereocenters. The minimum atomic E-state index is -0.466. The Morgan fingerprint density at radius 2 is 2.00 bits per heavy atom. The van der Waals surface area contributed by atoms with Crippen molar-refractivity contribution in [3.8, 4) is 0 Å². The molecule has 0 saturated heterocycles. The minimum absolute atomic E-state index is 0.105. The number of benzene rings is 2. The molecule has 0 fully saturated rings. The number of hydrogen-bond donors (Lipinski definition) is 1. The number of amides is 1. The quantitative estimate of drug-likeness (QED) is 0.726. The lowest BCUT2D eigenvalue weighted by Crippen LogP contribution is -2.33. The second-order valence-corrected chi connectivity index (χ2v) is 6.75. The van der Waals surface area contributed by atoms with Crippen LogP contribution < -0.4 is 10.9 Å². The number of aryl methyl sites for hydroxylation is 2. The highest BCUT2D eigenvalue weighted by Crippen LogP contribution is 2.23. The molecule has 128 valence electrons. The maximum absolute atomic E-state index is 13.2. The molecule has 4 nitrogen and oxygen atoms in total. The van der Waals surface area contributed by atoms with Gasteiger partial charge in [0, 0.05) is 23.5 Å². The molecule has 0 aliphatic rings. The van der Waals surface area contributed by atoms with Crippen LogP contribution in [0.2, 0.25) is 0 Å². The van der Waals surface area contributed by atoms with Crippen LogP contribution in [0.15, 0.2) is 51.7 Å². The summed E-state index contributed by atoms with van der Waals surface area (Å²) < 4.78 is 15.6. The summed E-state index contributed by atoms with van der Waals surface area (Å²) in [5, 5.41) is 3.53. The molecule has 1 amide bonds. The monoisotopic (exact) mass is 402 g/mol. The molecule has 3 rings (SSSR count). The molecule has 0 bridgehead atoms. The number of carbonyl (C=O) groups excluding carboxylic acids is 1. The molecule has 1 N–H and O–H groups in total. The number of nitrogens with one attached hydrogen (secondary N) is 1. The van der Waals surface area contributed by atoms with Crippen LogP contribution in [-0.2, 0) is 13.6 Å². The van der Waals surface area contributed by atoms with Gasteiger partial charge in [-0.3, -0.25) is 9.59 Å². The van der Waals surface area contributed by atoms with Crippen LogP contribution in [0.3, 0.4) is 0 Å². The highest BCUT2D eigenvalue weighted by Gasteiger charge is 2.18. The molecular formula is C19H16BrFN2O2. The van der Waals surface area contributed by atoms with Crippen molar-refractivity contribution in [2.75, 3.05) is 0 Å². The standard InChI is InChI=1S/C19H16BrFN2O2/c1-11-15-7-6-13(20)9-16(15)23(2)19(25)17(11)18(24)22-10-12-4-3-5-14(21)8-12/h3-9H,10H2,1-2H3,(H,22,24). The topological polar surface area (TPSA) is 51.1 Å². The van der Waals surface area contributed by atoms with E-state index in [0.29, 0.717) is 11.1 Å². The van der Waals surface area contributed by atoms with Crippen molar-refractivity contribution in [3.63, 3.8) is 0 Å². The predicted molar refractivity (Wildman–Crippen MR) is 99.2 cm³/mol. The van der Waals surface area contributed by atoms with E-state index >= 15 is 0 Å². The summed E-state index contributed by atoms with van der Waals surface area (Å²) in [6.45, 7) is 1.91. The third-order valence-corrected chi connectivity index (χ3v) is 4.68. The van der Waals surface area contributed by atoms with E-state index in [0.717, 1.165) is 15.4 Å². The van der Waals surface area contributed by atoms with Gasteiger partial charge in [0.1, 0.15) is 11.4 Å². The van der Waals surface area contributed by atoms with Gasteiger partial charge in [-0.2, -0.15) is 0 Å². The molecule has 0 spiro atoms. The van der Waals surface area contributed by atoms with E-state index in [1.807, 2.05) is 18.2 Å². The molecule has 0 radical (unpaired) electrons. The third-order valence-electron chi connectivity index (χ3n) is 4.19. The lowest BCUT2D eigenvalue weighted by atomic mass is 10.0. The number of rotatable bonds is 3. The first-order valence-electron chi connectivity index (χ1n) is 7.70. The number of carbonyl (C=O) groups is 1. The first-order valence-corrected chi connectivity index (χ1v) is 8.49. The zero-order chi connectivity index (χ0) is 18.1. The van der Waals surface area contributed by atoms with Gasteiger partial charge in [0.05, 0.1) is 5.52 Å². The van der Waals surface area contributed by atoms with Crippen molar-refractivity contribution in [2.24, 2.45) is 7.05 Å². The molecule has 2 aromatic carbocycles. The van der Waals surface area contributed by atoms with Crippen molar-refractivity contribution in [2.45, 2.75) is 13.5 Å². The van der Waals surface area contributed by atoms with Crippen LogP contribution in [0.25, 0.3) is 10.9 Å². The molecule has 25 heavy (non-hydrogen) atoms. The molecule has 0 saturated carbocycles. The first-order chi connectivity index (χ1) is 11.9. The Morgan fingerprint density at radius 3 is 2.72 bits per heavy atom. The van der Waals surface area contributed by atoms with E-state index in [9.17, 15) is 14.0 Å². The average Bonchev–Trinajstić information content (AvgIpc) is 2.58. The fourth-order valence-corrected chi connectivity index (χ4v) is 3.21. The lowest BCUT2D eigenvalue weighted by molar-refractivity contribution is 0.0948. The van der Waals surface area contributed by atoms with E-state index in [2.05, 4.69) is 21.2 Å². The minimum Gasteiger partial charge on any atom is -0.348 e. The molecule has 0 unspecified atom stereocenters. The van der Waals surface area contributed by atoms with Crippen LogP contribution in [0.5, 0.6) is 0 Å². The Bertz CT molecular complexity index is 1040. The Hall–Kier alpha value is -2.47. The maximum atomic E-state index is 13.2. The van der Waals surface area contributed by atoms with Gasteiger partial charge in [0.15, 0.2) is 0 Å². The van der Waals surface area contributed by atoms with Crippen LogP contribution >= 0.6 is 15.9 Å². The van der Waals surface area contributed by atoms with Crippen molar-refractivity contribution in [1.29, 1.82) is 0 Å². The van der Waals surface area contributed by atoms with Gasteiger partial charge in [-0.15, -0.1) is 0 Å². The van der Waals surface area contributed by atoms with Gasteiger partial charge in [-0.05, 0) is 42.3 Å². The SMILES string of the molecule is Cc1c(C(=O)NCc2cccc(F)c2)c(=O)n(C)c2cc(Br)ccc12. The summed E-state index contributed by atoms with van der Waals surface area (Å²) in [6, 6.07) is 11.6. The zero-order valence-corrected chi connectivity index (χ0v) is 15.4. The van der Waals surface area contributed by atoms with E-state index in [-0.39, 0.29) is 23.5 Å². The van der Waals surface area contributed by atoms with Crippen LogP contribution in [-0.4, -0.2) is 10.5 Å². The van der Waals surface area contributed by atoms with Gasteiger partial charge in [-0.1, -0.05) is 34.1 Å². The fraction of sp³-hybridized carbons (Fsp3) is 0.158. The van der Waals surface area contributed by atoms with Crippen molar-refractivity contribution in [1.82, 2.24) is 9.88 Å². The first kappa shape index (κ1) is 17.4. The summed E-state index contributed by atoms with van der Waals surface area (Å²) in [5.74, 6) is -0.831. The molecule has 3 aromatic rings. The van der Waals surface area contributed by atoms with Gasteiger partial charge in [0.25, 0.3) is 11.5 Å². The van der Waals surface area contributed by atoms with Crippen LogP contribution in [0.4, 0.5) is 4.39 Å². The number of pyridine rings is 1. The molecule has 1 heterocycles. The van der Waals surface area contributed by atoms with Gasteiger partial charge in [0.2, 0.25) is 0 Å². The molecule has 1 aromatic heterocycles. The van der Waals surface area contributed by atoms with Crippen molar-refractivity contribution < 1.29 is 9.18 Å². The second kappa shape index (κ2) is 6.80. The zero-order valence-electron chi connectivity index (χ0n) is 13.8. The van der Waals surface area contributed by atoms with Gasteiger partial charge < -0.3 is 9.88 Å². The summed E-state index contributed by atoms with van der Waals surface area (Å²) in [4.78, 5) is 25.2. The van der Waals surface area contributed by atoms with E-state index in [1.165, 1.54) is 16.7 Å². The largest absolute Gasteiger partial charge is 0.348 e. The number of hydrogen-bond acceptors (Lipinski definition) is 2. The summed E-state index contributed by atoms with van der Waals surface area (Å²) >= 11 is 3.39.